The Balaban J connectivity index is 1.58. The Bertz CT molecular complexity index is 939. The van der Waals surface area contributed by atoms with Crippen LogP contribution in [0.15, 0.2) is 84.9 Å². The summed E-state index contributed by atoms with van der Waals surface area (Å²) in [5.74, 6) is 0.883. The van der Waals surface area contributed by atoms with E-state index in [-0.39, 0.29) is 5.41 Å². The molecule has 3 aromatic rings. The molecule has 0 aliphatic carbocycles. The molecule has 3 aromatic carbocycles. The summed E-state index contributed by atoms with van der Waals surface area (Å²) >= 11 is 0. The molecule has 1 aliphatic rings. The molecule has 0 spiro atoms. The minimum atomic E-state index is 0.0570. The van der Waals surface area contributed by atoms with Crippen molar-refractivity contribution in [2.75, 3.05) is 13.1 Å². The maximum Gasteiger partial charge on any atom is 0.115 e. The molecule has 1 saturated heterocycles. The highest BCUT2D eigenvalue weighted by Gasteiger charge is 2.42. The van der Waals surface area contributed by atoms with Gasteiger partial charge in [-0.2, -0.15) is 0 Å². The standard InChI is InChI=1S/C28H33NO/c1-22-21-29(17-16-23-10-5-3-6-11-23)26(18-24-12-7-4-8-13-24)20-28(22,2)25-14-9-15-27(30)19-25/h3-15,19,22,26,30H,16-18,20-21H2,1-2H3/t22-,26+,28+/m0/s1. The number of piperidine rings is 1. The fourth-order valence-electron chi connectivity index (χ4n) is 5.06. The van der Waals surface area contributed by atoms with Crippen molar-refractivity contribution in [3.05, 3.63) is 102 Å². The zero-order chi connectivity index (χ0) is 21.0. The van der Waals surface area contributed by atoms with E-state index in [2.05, 4.69) is 85.5 Å². The van der Waals surface area contributed by atoms with E-state index in [1.165, 1.54) is 16.7 Å². The molecule has 0 radical (unpaired) electrons. The summed E-state index contributed by atoms with van der Waals surface area (Å²) in [6, 6.07) is 30.1. The summed E-state index contributed by atoms with van der Waals surface area (Å²) in [5, 5.41) is 10.1. The molecule has 0 bridgehead atoms. The molecule has 2 nitrogen and oxygen atoms in total. The topological polar surface area (TPSA) is 23.5 Å². The van der Waals surface area contributed by atoms with Gasteiger partial charge in [0.25, 0.3) is 0 Å². The first-order valence-corrected chi connectivity index (χ1v) is 11.2. The predicted molar refractivity (Wildman–Crippen MR) is 125 cm³/mol. The van der Waals surface area contributed by atoms with E-state index < -0.39 is 0 Å². The van der Waals surface area contributed by atoms with Crippen molar-refractivity contribution < 1.29 is 5.11 Å². The highest BCUT2D eigenvalue weighted by molar-refractivity contribution is 5.34. The lowest BCUT2D eigenvalue weighted by Crippen LogP contribution is -2.54. The van der Waals surface area contributed by atoms with Crippen LogP contribution in [0, 0.1) is 5.92 Å². The van der Waals surface area contributed by atoms with Crippen LogP contribution in [0.2, 0.25) is 0 Å². The van der Waals surface area contributed by atoms with Gasteiger partial charge in [0.05, 0.1) is 0 Å². The van der Waals surface area contributed by atoms with E-state index in [1.54, 1.807) is 6.07 Å². The molecule has 2 heteroatoms. The third-order valence-corrected chi connectivity index (χ3v) is 7.12. The lowest BCUT2D eigenvalue weighted by Gasteiger charge is -2.50. The average Bonchev–Trinajstić information content (AvgIpc) is 2.76. The molecule has 1 heterocycles. The Morgan fingerprint density at radius 1 is 0.900 bits per heavy atom. The van der Waals surface area contributed by atoms with Gasteiger partial charge in [0.15, 0.2) is 0 Å². The van der Waals surface area contributed by atoms with Crippen LogP contribution in [0.4, 0.5) is 0 Å². The molecule has 1 fully saturated rings. The van der Waals surface area contributed by atoms with Crippen molar-refractivity contribution in [1.29, 1.82) is 0 Å². The molecule has 0 amide bonds. The number of nitrogens with zero attached hydrogens (tertiary/aromatic N) is 1. The molecular formula is C28H33NO. The molecule has 156 valence electrons. The number of benzene rings is 3. The number of hydrogen-bond acceptors (Lipinski definition) is 2. The fraction of sp³-hybridized carbons (Fsp3) is 0.357. The van der Waals surface area contributed by atoms with Gasteiger partial charge < -0.3 is 5.11 Å². The van der Waals surface area contributed by atoms with Crippen molar-refractivity contribution in [2.45, 2.75) is 44.6 Å². The van der Waals surface area contributed by atoms with Crippen molar-refractivity contribution in [3.63, 3.8) is 0 Å². The Morgan fingerprint density at radius 2 is 1.57 bits per heavy atom. The van der Waals surface area contributed by atoms with Crippen molar-refractivity contribution in [3.8, 4) is 5.75 Å². The maximum absolute atomic E-state index is 10.1. The second-order valence-electron chi connectivity index (χ2n) is 9.15. The van der Waals surface area contributed by atoms with Gasteiger partial charge in [0.2, 0.25) is 0 Å². The van der Waals surface area contributed by atoms with Gasteiger partial charge in [-0.3, -0.25) is 4.90 Å². The van der Waals surface area contributed by atoms with Crippen LogP contribution in [0.3, 0.4) is 0 Å². The largest absolute Gasteiger partial charge is 0.508 e. The van der Waals surface area contributed by atoms with Crippen LogP contribution >= 0.6 is 0 Å². The van der Waals surface area contributed by atoms with Crippen molar-refractivity contribution in [1.82, 2.24) is 4.90 Å². The third kappa shape index (κ3) is 4.60. The van der Waals surface area contributed by atoms with E-state index >= 15 is 0 Å². The van der Waals surface area contributed by atoms with Crippen LogP contribution in [0.1, 0.15) is 37.0 Å². The minimum absolute atomic E-state index is 0.0570. The van der Waals surface area contributed by atoms with E-state index in [0.717, 1.165) is 32.4 Å². The number of aromatic hydroxyl groups is 1. The molecular weight excluding hydrogens is 366 g/mol. The zero-order valence-electron chi connectivity index (χ0n) is 18.2. The lowest BCUT2D eigenvalue weighted by atomic mass is 9.65. The van der Waals surface area contributed by atoms with Crippen LogP contribution in [-0.4, -0.2) is 29.1 Å². The summed E-state index contributed by atoms with van der Waals surface area (Å²) < 4.78 is 0. The number of phenols is 1. The Kier molecular flexibility index (Phi) is 6.24. The van der Waals surface area contributed by atoms with E-state index in [0.29, 0.717) is 17.7 Å². The first-order valence-electron chi connectivity index (χ1n) is 11.2. The maximum atomic E-state index is 10.1. The quantitative estimate of drug-likeness (QED) is 0.562. The van der Waals surface area contributed by atoms with Gasteiger partial charge in [0.1, 0.15) is 5.75 Å². The highest BCUT2D eigenvalue weighted by atomic mass is 16.3. The summed E-state index contributed by atoms with van der Waals surface area (Å²) in [4.78, 5) is 2.70. The Hall–Kier alpha value is -2.58. The number of likely N-dealkylation sites (tertiary alicyclic amines) is 1. The average molecular weight is 400 g/mol. The molecule has 3 atom stereocenters. The summed E-state index contributed by atoms with van der Waals surface area (Å²) in [6.07, 6.45) is 3.25. The Morgan fingerprint density at radius 3 is 2.23 bits per heavy atom. The van der Waals surface area contributed by atoms with Crippen molar-refractivity contribution in [2.24, 2.45) is 5.92 Å². The van der Waals surface area contributed by atoms with E-state index in [4.69, 9.17) is 0 Å². The lowest BCUT2D eigenvalue weighted by molar-refractivity contribution is 0.0553. The minimum Gasteiger partial charge on any atom is -0.508 e. The first-order chi connectivity index (χ1) is 14.5. The second kappa shape index (κ2) is 9.06. The monoisotopic (exact) mass is 399 g/mol. The van der Waals surface area contributed by atoms with Gasteiger partial charge in [-0.15, -0.1) is 0 Å². The number of rotatable bonds is 6. The van der Waals surface area contributed by atoms with Gasteiger partial charge >= 0.3 is 0 Å². The number of hydrogen-bond donors (Lipinski definition) is 1. The summed E-state index contributed by atoms with van der Waals surface area (Å²) in [5.41, 5.74) is 4.13. The van der Waals surface area contributed by atoms with Gasteiger partial charge in [0, 0.05) is 19.1 Å². The van der Waals surface area contributed by atoms with Crippen LogP contribution < -0.4 is 0 Å². The first kappa shape index (κ1) is 20.7. The fourth-order valence-corrected chi connectivity index (χ4v) is 5.06. The van der Waals surface area contributed by atoms with Gasteiger partial charge in [-0.25, -0.2) is 0 Å². The predicted octanol–water partition coefficient (Wildman–Crippen LogP) is 5.85. The second-order valence-corrected chi connectivity index (χ2v) is 9.15. The molecule has 0 aromatic heterocycles. The Labute approximate surface area is 181 Å². The SMILES string of the molecule is C[C@H]1CN(CCc2ccccc2)[C@H](Cc2ccccc2)C[C@@]1(C)c1cccc(O)c1. The van der Waals surface area contributed by atoms with Crippen LogP contribution in [0.25, 0.3) is 0 Å². The highest BCUT2D eigenvalue weighted by Crippen LogP contribution is 2.43. The van der Waals surface area contributed by atoms with E-state index in [1.807, 2.05) is 12.1 Å². The van der Waals surface area contributed by atoms with Crippen LogP contribution in [0.5, 0.6) is 5.75 Å². The van der Waals surface area contributed by atoms with Crippen molar-refractivity contribution >= 4 is 0 Å². The zero-order valence-corrected chi connectivity index (χ0v) is 18.2. The van der Waals surface area contributed by atoms with Crippen LogP contribution in [-0.2, 0) is 18.3 Å². The van der Waals surface area contributed by atoms with Gasteiger partial charge in [-0.05, 0) is 59.4 Å². The molecule has 0 saturated carbocycles. The molecule has 0 unspecified atom stereocenters. The number of phenolic OH excluding ortho intramolecular Hbond substituents is 1. The third-order valence-electron chi connectivity index (χ3n) is 7.12. The van der Waals surface area contributed by atoms with E-state index in [9.17, 15) is 5.11 Å². The summed E-state index contributed by atoms with van der Waals surface area (Å²) in [6.45, 7) is 6.93. The normalized spacial score (nSPS) is 24.6. The molecule has 4 rings (SSSR count). The molecule has 1 N–H and O–H groups in total. The smallest absolute Gasteiger partial charge is 0.115 e. The summed E-state index contributed by atoms with van der Waals surface area (Å²) in [7, 11) is 0. The molecule has 1 aliphatic heterocycles. The van der Waals surface area contributed by atoms with Gasteiger partial charge in [-0.1, -0.05) is 86.6 Å². The molecule has 30 heavy (non-hydrogen) atoms.